The average molecular weight is 245 g/mol. The molecule has 0 aromatic rings. The molecule has 1 saturated heterocycles. The summed E-state index contributed by atoms with van der Waals surface area (Å²) in [6.07, 6.45) is 5.79. The highest BCUT2D eigenvalue weighted by Gasteiger charge is 2.39. The van der Waals surface area contributed by atoms with Gasteiger partial charge in [-0.25, -0.2) is 8.42 Å². The SMILES string of the molecule is CCCNC1CCCC1C1CCS(=O)(=O)C1. The molecular weight excluding hydrogens is 222 g/mol. The second kappa shape index (κ2) is 5.05. The van der Waals surface area contributed by atoms with Crippen LogP contribution in [0.25, 0.3) is 0 Å². The summed E-state index contributed by atoms with van der Waals surface area (Å²) in [6, 6.07) is 0.582. The minimum Gasteiger partial charge on any atom is -0.314 e. The van der Waals surface area contributed by atoms with Gasteiger partial charge in [-0.05, 0) is 44.1 Å². The van der Waals surface area contributed by atoms with E-state index in [0.717, 1.165) is 19.4 Å². The molecule has 2 aliphatic rings. The van der Waals surface area contributed by atoms with Gasteiger partial charge in [-0.15, -0.1) is 0 Å². The molecule has 1 N–H and O–H groups in total. The summed E-state index contributed by atoms with van der Waals surface area (Å²) >= 11 is 0. The fourth-order valence-electron chi connectivity index (χ4n) is 3.30. The summed E-state index contributed by atoms with van der Waals surface area (Å²) in [4.78, 5) is 0. The van der Waals surface area contributed by atoms with E-state index in [1.807, 2.05) is 0 Å². The Morgan fingerprint density at radius 2 is 2.06 bits per heavy atom. The monoisotopic (exact) mass is 245 g/mol. The van der Waals surface area contributed by atoms with E-state index < -0.39 is 9.84 Å². The molecule has 3 atom stereocenters. The van der Waals surface area contributed by atoms with Crippen LogP contribution in [0.1, 0.15) is 39.0 Å². The molecule has 3 nitrogen and oxygen atoms in total. The van der Waals surface area contributed by atoms with Gasteiger partial charge in [-0.3, -0.25) is 0 Å². The van der Waals surface area contributed by atoms with Crippen LogP contribution < -0.4 is 5.32 Å². The van der Waals surface area contributed by atoms with Crippen LogP contribution in [0.5, 0.6) is 0 Å². The second-order valence-corrected chi connectivity index (χ2v) is 7.55. The lowest BCUT2D eigenvalue weighted by molar-refractivity contribution is 0.301. The van der Waals surface area contributed by atoms with E-state index in [2.05, 4.69) is 12.2 Å². The number of hydrogen-bond donors (Lipinski definition) is 1. The van der Waals surface area contributed by atoms with E-state index in [-0.39, 0.29) is 0 Å². The molecule has 0 aromatic heterocycles. The predicted molar refractivity (Wildman–Crippen MR) is 66.2 cm³/mol. The van der Waals surface area contributed by atoms with Gasteiger partial charge in [0.1, 0.15) is 0 Å². The average Bonchev–Trinajstić information content (AvgIpc) is 2.81. The van der Waals surface area contributed by atoms with Crippen molar-refractivity contribution in [1.82, 2.24) is 5.32 Å². The molecule has 4 heteroatoms. The van der Waals surface area contributed by atoms with Crippen molar-refractivity contribution in [3.8, 4) is 0 Å². The van der Waals surface area contributed by atoms with Gasteiger partial charge in [-0.1, -0.05) is 13.3 Å². The van der Waals surface area contributed by atoms with Crippen LogP contribution in [-0.4, -0.2) is 32.5 Å². The first kappa shape index (κ1) is 12.4. The summed E-state index contributed by atoms with van der Waals surface area (Å²) < 4.78 is 23.0. The number of hydrogen-bond acceptors (Lipinski definition) is 3. The zero-order chi connectivity index (χ0) is 11.6. The highest BCUT2D eigenvalue weighted by molar-refractivity contribution is 7.91. The second-order valence-electron chi connectivity index (χ2n) is 5.32. The van der Waals surface area contributed by atoms with Gasteiger partial charge < -0.3 is 5.32 Å². The van der Waals surface area contributed by atoms with Crippen LogP contribution >= 0.6 is 0 Å². The van der Waals surface area contributed by atoms with E-state index in [9.17, 15) is 8.42 Å². The van der Waals surface area contributed by atoms with Gasteiger partial charge in [0, 0.05) is 6.04 Å². The molecule has 16 heavy (non-hydrogen) atoms. The quantitative estimate of drug-likeness (QED) is 0.818. The Hall–Kier alpha value is -0.0900. The highest BCUT2D eigenvalue weighted by Crippen LogP contribution is 2.37. The van der Waals surface area contributed by atoms with E-state index in [1.165, 1.54) is 19.3 Å². The molecule has 2 rings (SSSR count). The maximum Gasteiger partial charge on any atom is 0.150 e. The zero-order valence-corrected chi connectivity index (χ0v) is 10.9. The third kappa shape index (κ3) is 2.77. The Bertz CT molecular complexity index is 326. The van der Waals surface area contributed by atoms with Crippen molar-refractivity contribution in [3.05, 3.63) is 0 Å². The Balaban J connectivity index is 1.93. The van der Waals surface area contributed by atoms with Gasteiger partial charge in [0.2, 0.25) is 0 Å². The van der Waals surface area contributed by atoms with Crippen molar-refractivity contribution in [3.63, 3.8) is 0 Å². The van der Waals surface area contributed by atoms with Gasteiger partial charge in [-0.2, -0.15) is 0 Å². The summed E-state index contributed by atoms with van der Waals surface area (Å²) in [5.74, 6) is 1.92. The molecule has 94 valence electrons. The molecule has 1 saturated carbocycles. The Labute approximate surface area is 98.9 Å². The van der Waals surface area contributed by atoms with E-state index in [1.54, 1.807) is 0 Å². The zero-order valence-electron chi connectivity index (χ0n) is 10.1. The van der Waals surface area contributed by atoms with Crippen molar-refractivity contribution in [2.24, 2.45) is 11.8 Å². The number of nitrogens with one attached hydrogen (secondary N) is 1. The smallest absolute Gasteiger partial charge is 0.150 e. The summed E-state index contributed by atoms with van der Waals surface area (Å²) in [5.41, 5.74) is 0. The topological polar surface area (TPSA) is 46.2 Å². The molecular formula is C12H23NO2S. The van der Waals surface area contributed by atoms with Crippen LogP contribution in [0.3, 0.4) is 0 Å². The summed E-state index contributed by atoms with van der Waals surface area (Å²) in [7, 11) is -2.70. The lowest BCUT2D eigenvalue weighted by Crippen LogP contribution is -2.36. The van der Waals surface area contributed by atoms with Crippen molar-refractivity contribution in [2.45, 2.75) is 45.1 Å². The third-order valence-corrected chi connectivity index (χ3v) is 5.89. The molecule has 3 unspecified atom stereocenters. The van der Waals surface area contributed by atoms with Crippen molar-refractivity contribution in [1.29, 1.82) is 0 Å². The fourth-order valence-corrected chi connectivity index (χ4v) is 5.19. The Kier molecular flexibility index (Phi) is 3.90. The number of rotatable bonds is 4. The third-order valence-electron chi connectivity index (χ3n) is 4.10. The van der Waals surface area contributed by atoms with Gasteiger partial charge in [0.05, 0.1) is 11.5 Å². The van der Waals surface area contributed by atoms with E-state index in [4.69, 9.17) is 0 Å². The lowest BCUT2D eigenvalue weighted by atomic mass is 9.87. The van der Waals surface area contributed by atoms with Crippen LogP contribution in [-0.2, 0) is 9.84 Å². The van der Waals surface area contributed by atoms with E-state index >= 15 is 0 Å². The van der Waals surface area contributed by atoms with Crippen LogP contribution in [0.15, 0.2) is 0 Å². The van der Waals surface area contributed by atoms with Gasteiger partial charge >= 0.3 is 0 Å². The molecule has 0 spiro atoms. The first-order valence-electron chi connectivity index (χ1n) is 6.56. The number of sulfone groups is 1. The van der Waals surface area contributed by atoms with Gasteiger partial charge in [0.25, 0.3) is 0 Å². The first-order chi connectivity index (χ1) is 7.62. The molecule has 0 amide bonds. The predicted octanol–water partition coefficient (Wildman–Crippen LogP) is 1.59. The first-order valence-corrected chi connectivity index (χ1v) is 8.38. The minimum atomic E-state index is -2.70. The van der Waals surface area contributed by atoms with Crippen LogP contribution in [0.4, 0.5) is 0 Å². The normalized spacial score (nSPS) is 37.9. The molecule has 2 fully saturated rings. The van der Waals surface area contributed by atoms with Gasteiger partial charge in [0.15, 0.2) is 9.84 Å². The summed E-state index contributed by atoms with van der Waals surface area (Å²) in [5, 5.41) is 3.59. The molecule has 0 bridgehead atoms. The molecule has 0 aromatic carbocycles. The fraction of sp³-hybridized carbons (Fsp3) is 1.00. The summed E-state index contributed by atoms with van der Waals surface area (Å²) in [6.45, 7) is 3.25. The Morgan fingerprint density at radius 1 is 1.25 bits per heavy atom. The highest BCUT2D eigenvalue weighted by atomic mass is 32.2. The molecule has 1 aliphatic heterocycles. The molecule has 1 heterocycles. The minimum absolute atomic E-state index is 0.425. The molecule has 1 aliphatic carbocycles. The maximum atomic E-state index is 11.5. The standard InChI is InChI=1S/C12H23NO2S/c1-2-7-13-12-5-3-4-11(12)10-6-8-16(14,15)9-10/h10-13H,2-9H2,1H3. The van der Waals surface area contributed by atoms with Crippen molar-refractivity contribution < 1.29 is 8.42 Å². The maximum absolute atomic E-state index is 11.5. The van der Waals surface area contributed by atoms with Crippen LogP contribution in [0.2, 0.25) is 0 Å². The lowest BCUT2D eigenvalue weighted by Gasteiger charge is -2.25. The largest absolute Gasteiger partial charge is 0.314 e. The van der Waals surface area contributed by atoms with Crippen molar-refractivity contribution >= 4 is 9.84 Å². The van der Waals surface area contributed by atoms with E-state index in [0.29, 0.717) is 29.4 Å². The Morgan fingerprint density at radius 3 is 2.69 bits per heavy atom. The molecule has 0 radical (unpaired) electrons. The van der Waals surface area contributed by atoms with Crippen LogP contribution in [0, 0.1) is 11.8 Å². The van der Waals surface area contributed by atoms with Crippen molar-refractivity contribution in [2.75, 3.05) is 18.1 Å².